The maximum Gasteiger partial charge on any atom is 0.316 e. The van der Waals surface area contributed by atoms with E-state index in [1.165, 1.54) is 0 Å². The normalized spacial score (nSPS) is 19.2. The number of carbonyl (C=O) groups is 1. The average molecular weight is 375 g/mol. The van der Waals surface area contributed by atoms with Crippen molar-refractivity contribution in [2.45, 2.75) is 37.8 Å². The van der Waals surface area contributed by atoms with Gasteiger partial charge in [-0.15, -0.1) is 0 Å². The molecule has 1 aliphatic rings. The summed E-state index contributed by atoms with van der Waals surface area (Å²) in [7, 11) is 1.59. The third-order valence-electron chi connectivity index (χ3n) is 4.34. The van der Waals surface area contributed by atoms with E-state index in [9.17, 15) is 9.18 Å². The first-order chi connectivity index (χ1) is 13.1. The number of amides is 1. The summed E-state index contributed by atoms with van der Waals surface area (Å²) in [6.45, 7) is -0.0355. The minimum Gasteiger partial charge on any atom is -0.497 e. The number of nitrogens with zero attached hydrogens (tertiary/aromatic N) is 2. The van der Waals surface area contributed by atoms with E-state index in [1.54, 1.807) is 31.4 Å². The Hall–Kier alpha value is -2.90. The first-order valence-corrected chi connectivity index (χ1v) is 8.83. The van der Waals surface area contributed by atoms with Crippen LogP contribution in [0.2, 0.25) is 0 Å². The maximum atomic E-state index is 12.8. The molecule has 8 heteroatoms. The molecule has 2 aromatic rings. The van der Waals surface area contributed by atoms with Crippen LogP contribution < -0.4 is 19.5 Å². The summed E-state index contributed by atoms with van der Waals surface area (Å²) in [6.07, 6.45) is 5.25. The molecule has 1 N–H and O–H groups in total. The summed E-state index contributed by atoms with van der Waals surface area (Å²) in [5.41, 5.74) is 0. The predicted molar refractivity (Wildman–Crippen MR) is 95.3 cm³/mol. The van der Waals surface area contributed by atoms with Crippen molar-refractivity contribution < 1.29 is 23.4 Å². The van der Waals surface area contributed by atoms with Crippen molar-refractivity contribution >= 4 is 5.91 Å². The molecule has 0 unspecified atom stereocenters. The summed E-state index contributed by atoms with van der Waals surface area (Å²) >= 11 is 0. The monoisotopic (exact) mass is 375 g/mol. The Morgan fingerprint density at radius 3 is 2.37 bits per heavy atom. The smallest absolute Gasteiger partial charge is 0.316 e. The van der Waals surface area contributed by atoms with Crippen molar-refractivity contribution in [2.75, 3.05) is 13.7 Å². The van der Waals surface area contributed by atoms with Gasteiger partial charge in [0.2, 0.25) is 0 Å². The second-order valence-corrected chi connectivity index (χ2v) is 6.31. The number of hydrogen-bond acceptors (Lipinski definition) is 6. The Kier molecular flexibility index (Phi) is 6.40. The van der Waals surface area contributed by atoms with Gasteiger partial charge in [0.05, 0.1) is 19.5 Å². The predicted octanol–water partition coefficient (Wildman–Crippen LogP) is 2.51. The van der Waals surface area contributed by atoms with Crippen molar-refractivity contribution in [3.63, 3.8) is 0 Å². The molecule has 1 heterocycles. The minimum atomic E-state index is -0.495. The van der Waals surface area contributed by atoms with Gasteiger partial charge in [0.25, 0.3) is 5.91 Å². The number of halogens is 1. The maximum absolute atomic E-state index is 12.8. The molecule has 1 saturated carbocycles. The fourth-order valence-corrected chi connectivity index (χ4v) is 2.93. The zero-order valence-electron chi connectivity index (χ0n) is 15.1. The minimum absolute atomic E-state index is 0.0286. The molecule has 0 radical (unpaired) electrons. The molecule has 7 nitrogen and oxygen atoms in total. The average Bonchev–Trinajstić information content (AvgIpc) is 2.70. The lowest BCUT2D eigenvalue weighted by molar-refractivity contribution is -0.124. The van der Waals surface area contributed by atoms with Crippen molar-refractivity contribution in [3.8, 4) is 17.5 Å². The highest BCUT2D eigenvalue weighted by Gasteiger charge is 2.24. The van der Waals surface area contributed by atoms with Gasteiger partial charge in [-0.3, -0.25) is 4.79 Å². The van der Waals surface area contributed by atoms with Crippen molar-refractivity contribution in [1.82, 2.24) is 15.3 Å². The van der Waals surface area contributed by atoms with E-state index in [1.807, 2.05) is 0 Å². The first-order valence-electron chi connectivity index (χ1n) is 8.83. The summed E-state index contributed by atoms with van der Waals surface area (Å²) in [5, 5.41) is 2.98. The molecule has 0 aliphatic heterocycles. The molecule has 144 valence electrons. The Labute approximate surface area is 156 Å². The van der Waals surface area contributed by atoms with E-state index < -0.39 is 5.82 Å². The van der Waals surface area contributed by atoms with Crippen LogP contribution in [0.15, 0.2) is 36.7 Å². The Bertz CT molecular complexity index is 732. The third kappa shape index (κ3) is 5.80. The lowest BCUT2D eigenvalue weighted by Crippen LogP contribution is -2.41. The van der Waals surface area contributed by atoms with Gasteiger partial charge >= 0.3 is 6.01 Å². The van der Waals surface area contributed by atoms with E-state index in [-0.39, 0.29) is 30.7 Å². The molecular weight excluding hydrogens is 353 g/mol. The van der Waals surface area contributed by atoms with Gasteiger partial charge in [-0.25, -0.2) is 14.4 Å². The topological polar surface area (TPSA) is 82.6 Å². The molecule has 27 heavy (non-hydrogen) atoms. The summed E-state index contributed by atoms with van der Waals surface area (Å²) < 4.78 is 29.0. The molecular formula is C19H22FN3O4. The summed E-state index contributed by atoms with van der Waals surface area (Å²) in [5.74, 6) is 0.696. The van der Waals surface area contributed by atoms with Gasteiger partial charge in [0, 0.05) is 6.04 Å². The van der Waals surface area contributed by atoms with Gasteiger partial charge in [0.15, 0.2) is 12.4 Å². The Morgan fingerprint density at radius 1 is 1.11 bits per heavy atom. The number of benzene rings is 1. The Balaban J connectivity index is 1.36. The second-order valence-electron chi connectivity index (χ2n) is 6.31. The SMILES string of the molecule is COc1ccc(OCC(=O)NC2CCC(Oc3ncc(F)cn3)CC2)cc1. The Morgan fingerprint density at radius 2 is 1.74 bits per heavy atom. The van der Waals surface area contributed by atoms with Crippen molar-refractivity contribution in [2.24, 2.45) is 0 Å². The number of rotatable bonds is 7. The second kappa shape index (κ2) is 9.16. The van der Waals surface area contributed by atoms with Gasteiger partial charge in [0.1, 0.15) is 17.6 Å². The fraction of sp³-hybridized carbons (Fsp3) is 0.421. The van der Waals surface area contributed by atoms with E-state index >= 15 is 0 Å². The largest absolute Gasteiger partial charge is 0.497 e. The van der Waals surface area contributed by atoms with Crippen LogP contribution in [0.5, 0.6) is 17.5 Å². The zero-order valence-corrected chi connectivity index (χ0v) is 15.1. The van der Waals surface area contributed by atoms with E-state index in [0.717, 1.165) is 43.8 Å². The third-order valence-corrected chi connectivity index (χ3v) is 4.34. The summed E-state index contributed by atoms with van der Waals surface area (Å²) in [4.78, 5) is 19.7. The van der Waals surface area contributed by atoms with Crippen LogP contribution in [-0.4, -0.2) is 41.7 Å². The molecule has 0 bridgehead atoms. The highest BCUT2D eigenvalue weighted by Crippen LogP contribution is 2.22. The van der Waals surface area contributed by atoms with Gasteiger partial charge in [-0.05, 0) is 49.9 Å². The molecule has 0 atom stereocenters. The highest BCUT2D eigenvalue weighted by atomic mass is 19.1. The van der Waals surface area contributed by atoms with Crippen molar-refractivity contribution in [1.29, 1.82) is 0 Å². The number of ether oxygens (including phenoxy) is 3. The summed E-state index contributed by atoms with van der Waals surface area (Å²) in [6, 6.07) is 7.33. The van der Waals surface area contributed by atoms with E-state index in [4.69, 9.17) is 14.2 Å². The highest BCUT2D eigenvalue weighted by molar-refractivity contribution is 5.77. The fourth-order valence-electron chi connectivity index (χ4n) is 2.93. The molecule has 1 aliphatic carbocycles. The number of carbonyl (C=O) groups excluding carboxylic acids is 1. The molecule has 1 fully saturated rings. The molecule has 0 spiro atoms. The van der Waals surface area contributed by atoms with E-state index in [0.29, 0.717) is 5.75 Å². The lowest BCUT2D eigenvalue weighted by Gasteiger charge is -2.28. The van der Waals surface area contributed by atoms with E-state index in [2.05, 4.69) is 15.3 Å². The van der Waals surface area contributed by atoms with Crippen LogP contribution in [0.25, 0.3) is 0 Å². The number of hydrogen-bond donors (Lipinski definition) is 1. The van der Waals surface area contributed by atoms with Gasteiger partial charge in [-0.2, -0.15) is 0 Å². The molecule has 1 aromatic carbocycles. The molecule has 1 amide bonds. The quantitative estimate of drug-likeness (QED) is 0.801. The molecule has 1 aromatic heterocycles. The standard InChI is InChI=1S/C19H22FN3O4/c1-25-15-6-8-16(9-7-15)26-12-18(24)23-14-2-4-17(5-3-14)27-19-21-10-13(20)11-22-19/h6-11,14,17H,2-5,12H2,1H3,(H,23,24). The van der Waals surface area contributed by atoms with Gasteiger partial charge in [-0.1, -0.05) is 0 Å². The number of methoxy groups -OCH3 is 1. The zero-order chi connectivity index (χ0) is 19.1. The van der Waals surface area contributed by atoms with Crippen LogP contribution in [0, 0.1) is 5.82 Å². The number of nitrogens with one attached hydrogen (secondary N) is 1. The molecule has 0 saturated heterocycles. The molecule has 3 rings (SSSR count). The van der Waals surface area contributed by atoms with Gasteiger partial charge < -0.3 is 19.5 Å². The first kappa shape index (κ1) is 18.9. The van der Waals surface area contributed by atoms with Crippen LogP contribution in [0.1, 0.15) is 25.7 Å². The van der Waals surface area contributed by atoms with Crippen LogP contribution in [0.4, 0.5) is 4.39 Å². The van der Waals surface area contributed by atoms with Crippen LogP contribution >= 0.6 is 0 Å². The van der Waals surface area contributed by atoms with Crippen molar-refractivity contribution in [3.05, 3.63) is 42.5 Å². The van der Waals surface area contributed by atoms with Crippen LogP contribution in [0.3, 0.4) is 0 Å². The van der Waals surface area contributed by atoms with Crippen LogP contribution in [-0.2, 0) is 4.79 Å². The number of aromatic nitrogens is 2. The lowest BCUT2D eigenvalue weighted by atomic mass is 9.93.